The zero-order valence-electron chi connectivity index (χ0n) is 10.8. The Morgan fingerprint density at radius 1 is 1.61 bits per heavy atom. The Morgan fingerprint density at radius 3 is 2.72 bits per heavy atom. The predicted octanol–water partition coefficient (Wildman–Crippen LogP) is 2.13. The Bertz CT molecular complexity index is 502. The first-order valence-electron chi connectivity index (χ1n) is 5.65. The number of methoxy groups -OCH3 is 1. The number of hydrogen-bond donors (Lipinski definition) is 1. The Morgan fingerprint density at radius 2 is 2.22 bits per heavy atom. The van der Waals surface area contributed by atoms with Gasteiger partial charge in [0.15, 0.2) is 0 Å². The Kier molecular flexibility index (Phi) is 2.93. The Balaban J connectivity index is 2.57. The number of carbonyl (C=O) groups is 1. The molecule has 2 rings (SSSR count). The average molecular weight is 270 g/mol. The standard InChI is InChI=1S/C13H16ClNO3/c1-7-11(18-4)6-9-8(13(7,2)14)5-10(12(16)17)15(9)3/h5-6,10H,1-4H3,(H,16,17). The van der Waals surface area contributed by atoms with E-state index in [-0.39, 0.29) is 0 Å². The van der Waals surface area contributed by atoms with Crippen LogP contribution in [0.25, 0.3) is 0 Å². The number of carboxylic acid groups (broad SMARTS) is 1. The van der Waals surface area contributed by atoms with Crippen molar-refractivity contribution in [1.29, 1.82) is 0 Å². The molecule has 1 aliphatic carbocycles. The minimum Gasteiger partial charge on any atom is -0.497 e. The fraction of sp³-hybridized carbons (Fsp3) is 0.462. The summed E-state index contributed by atoms with van der Waals surface area (Å²) in [5.41, 5.74) is 2.53. The number of rotatable bonds is 2. The van der Waals surface area contributed by atoms with Crippen LogP contribution in [0.1, 0.15) is 13.8 Å². The summed E-state index contributed by atoms with van der Waals surface area (Å²) in [5, 5.41) is 9.19. The molecule has 4 nitrogen and oxygen atoms in total. The molecule has 1 N–H and O–H groups in total. The van der Waals surface area contributed by atoms with E-state index >= 15 is 0 Å². The van der Waals surface area contributed by atoms with Gasteiger partial charge < -0.3 is 14.7 Å². The molecule has 0 aromatic carbocycles. The lowest BCUT2D eigenvalue weighted by atomic mass is 9.86. The van der Waals surface area contributed by atoms with Gasteiger partial charge in [0, 0.05) is 18.8 Å². The molecule has 0 saturated heterocycles. The summed E-state index contributed by atoms with van der Waals surface area (Å²) < 4.78 is 5.31. The van der Waals surface area contributed by atoms with Gasteiger partial charge in [-0.3, -0.25) is 0 Å². The van der Waals surface area contributed by atoms with Gasteiger partial charge in [-0.1, -0.05) is 0 Å². The smallest absolute Gasteiger partial charge is 0.330 e. The van der Waals surface area contributed by atoms with Crippen LogP contribution in [-0.2, 0) is 9.53 Å². The number of hydrogen-bond acceptors (Lipinski definition) is 3. The fourth-order valence-corrected chi connectivity index (χ4v) is 2.64. The first-order valence-corrected chi connectivity index (χ1v) is 6.02. The van der Waals surface area contributed by atoms with Gasteiger partial charge in [0.2, 0.25) is 0 Å². The molecule has 0 spiro atoms. The summed E-state index contributed by atoms with van der Waals surface area (Å²) in [6, 6.07) is -0.673. The maximum Gasteiger partial charge on any atom is 0.330 e. The minimum absolute atomic E-state index is 0.673. The van der Waals surface area contributed by atoms with Crippen molar-refractivity contribution in [2.24, 2.45) is 0 Å². The van der Waals surface area contributed by atoms with Gasteiger partial charge in [0.1, 0.15) is 11.8 Å². The lowest BCUT2D eigenvalue weighted by Gasteiger charge is -2.33. The normalized spacial score (nSPS) is 30.9. The van der Waals surface area contributed by atoms with Gasteiger partial charge in [-0.05, 0) is 31.1 Å². The molecular formula is C13H16ClNO3. The predicted molar refractivity (Wildman–Crippen MR) is 69.3 cm³/mol. The van der Waals surface area contributed by atoms with Gasteiger partial charge in [-0.15, -0.1) is 11.6 Å². The molecule has 1 heterocycles. The Labute approximate surface area is 111 Å². The summed E-state index contributed by atoms with van der Waals surface area (Å²) in [7, 11) is 3.33. The molecule has 0 amide bonds. The number of likely N-dealkylation sites (N-methyl/N-ethyl adjacent to an activating group) is 1. The highest BCUT2D eigenvalue weighted by atomic mass is 35.5. The second-order valence-corrected chi connectivity index (χ2v) is 5.46. The number of carboxylic acids is 1. The monoisotopic (exact) mass is 269 g/mol. The highest BCUT2D eigenvalue weighted by molar-refractivity contribution is 6.28. The average Bonchev–Trinajstić information content (AvgIpc) is 2.62. The van der Waals surface area contributed by atoms with Crippen LogP contribution in [0.4, 0.5) is 0 Å². The van der Waals surface area contributed by atoms with E-state index < -0.39 is 16.9 Å². The maximum absolute atomic E-state index is 11.2. The highest BCUT2D eigenvalue weighted by Crippen LogP contribution is 2.46. The van der Waals surface area contributed by atoms with Crippen molar-refractivity contribution in [3.05, 3.63) is 34.8 Å². The van der Waals surface area contributed by atoms with Crippen molar-refractivity contribution in [3.8, 4) is 0 Å². The first kappa shape index (κ1) is 13.0. The summed E-state index contributed by atoms with van der Waals surface area (Å²) in [5.74, 6) is -0.193. The number of ether oxygens (including phenoxy) is 1. The topological polar surface area (TPSA) is 49.8 Å². The van der Waals surface area contributed by atoms with Gasteiger partial charge in [0.05, 0.1) is 12.0 Å². The molecule has 0 aromatic rings. The van der Waals surface area contributed by atoms with E-state index in [4.69, 9.17) is 16.3 Å². The van der Waals surface area contributed by atoms with E-state index in [1.807, 2.05) is 19.9 Å². The third-order valence-electron chi connectivity index (χ3n) is 3.72. The molecular weight excluding hydrogens is 254 g/mol. The van der Waals surface area contributed by atoms with Crippen molar-refractivity contribution in [3.63, 3.8) is 0 Å². The number of nitrogens with zero attached hydrogens (tertiary/aromatic N) is 1. The van der Waals surface area contributed by atoms with E-state index in [0.717, 1.165) is 16.8 Å². The lowest BCUT2D eigenvalue weighted by Crippen LogP contribution is -2.34. The van der Waals surface area contributed by atoms with Gasteiger partial charge in [-0.25, -0.2) is 4.79 Å². The van der Waals surface area contributed by atoms with E-state index in [1.54, 1.807) is 25.1 Å². The molecule has 2 unspecified atom stereocenters. The lowest BCUT2D eigenvalue weighted by molar-refractivity contribution is -0.140. The third kappa shape index (κ3) is 1.63. The molecule has 5 heteroatoms. The van der Waals surface area contributed by atoms with Gasteiger partial charge >= 0.3 is 5.97 Å². The van der Waals surface area contributed by atoms with Crippen molar-refractivity contribution >= 4 is 17.6 Å². The molecule has 0 fully saturated rings. The molecule has 98 valence electrons. The van der Waals surface area contributed by atoms with E-state index in [9.17, 15) is 9.90 Å². The summed E-state index contributed by atoms with van der Waals surface area (Å²) in [4.78, 5) is 12.2. The number of aliphatic carboxylic acids is 1. The second kappa shape index (κ2) is 4.05. The molecule has 0 radical (unpaired) electrons. The van der Waals surface area contributed by atoms with Crippen LogP contribution in [0.15, 0.2) is 34.8 Å². The van der Waals surface area contributed by atoms with Crippen molar-refractivity contribution in [2.45, 2.75) is 24.8 Å². The summed E-state index contributed by atoms with van der Waals surface area (Å²) >= 11 is 6.57. The largest absolute Gasteiger partial charge is 0.497 e. The first-order chi connectivity index (χ1) is 8.30. The molecule has 0 aromatic heterocycles. The number of alkyl halides is 1. The minimum atomic E-state index is -0.885. The van der Waals surface area contributed by atoms with Crippen molar-refractivity contribution in [2.75, 3.05) is 14.2 Å². The molecule has 2 atom stereocenters. The zero-order chi connectivity index (χ0) is 13.7. The zero-order valence-corrected chi connectivity index (χ0v) is 11.6. The molecule has 2 aliphatic rings. The van der Waals surface area contributed by atoms with E-state index in [1.165, 1.54) is 0 Å². The summed E-state index contributed by atoms with van der Waals surface area (Å²) in [6.45, 7) is 3.76. The van der Waals surface area contributed by atoms with Gasteiger partial charge in [0.25, 0.3) is 0 Å². The number of fused-ring (bicyclic) bond motifs is 1. The van der Waals surface area contributed by atoms with Gasteiger partial charge in [-0.2, -0.15) is 0 Å². The van der Waals surface area contributed by atoms with Crippen LogP contribution >= 0.6 is 11.6 Å². The SMILES string of the molecule is COC1=C(C)C(C)(Cl)C2=CC(C(=O)O)N(C)C2=C1. The number of halogens is 1. The molecule has 1 aliphatic heterocycles. The van der Waals surface area contributed by atoms with Crippen molar-refractivity contribution in [1.82, 2.24) is 4.90 Å². The Hall–Kier alpha value is -1.42. The van der Waals surface area contributed by atoms with Crippen LogP contribution in [0, 0.1) is 0 Å². The van der Waals surface area contributed by atoms with Crippen molar-refractivity contribution < 1.29 is 14.6 Å². The molecule has 0 bridgehead atoms. The number of allylic oxidation sites excluding steroid dienone is 3. The maximum atomic E-state index is 11.2. The van der Waals surface area contributed by atoms with Crippen LogP contribution in [0.2, 0.25) is 0 Å². The van der Waals surface area contributed by atoms with Crippen LogP contribution in [0.5, 0.6) is 0 Å². The fourth-order valence-electron chi connectivity index (χ4n) is 2.39. The second-order valence-electron chi connectivity index (χ2n) is 4.70. The van der Waals surface area contributed by atoms with E-state index in [2.05, 4.69) is 0 Å². The van der Waals surface area contributed by atoms with Crippen LogP contribution in [0.3, 0.4) is 0 Å². The molecule has 18 heavy (non-hydrogen) atoms. The summed E-state index contributed by atoms with van der Waals surface area (Å²) in [6.07, 6.45) is 3.55. The van der Waals surface area contributed by atoms with E-state index in [0.29, 0.717) is 5.76 Å². The highest BCUT2D eigenvalue weighted by Gasteiger charge is 2.43. The van der Waals surface area contributed by atoms with Crippen LogP contribution in [-0.4, -0.2) is 41.0 Å². The quantitative estimate of drug-likeness (QED) is 0.780. The third-order valence-corrected chi connectivity index (χ3v) is 4.21. The van der Waals surface area contributed by atoms with Crippen LogP contribution < -0.4 is 0 Å². The molecule has 0 saturated carbocycles.